The van der Waals surface area contributed by atoms with Crippen LogP contribution in [0.5, 0.6) is 5.75 Å². The van der Waals surface area contributed by atoms with Crippen LogP contribution in [-0.4, -0.2) is 28.4 Å². The van der Waals surface area contributed by atoms with E-state index in [4.69, 9.17) is 14.8 Å². The van der Waals surface area contributed by atoms with Crippen LogP contribution in [0.25, 0.3) is 11.3 Å². The largest absolute Gasteiger partial charge is 0.482 e. The fourth-order valence-electron chi connectivity index (χ4n) is 3.24. The van der Waals surface area contributed by atoms with Gasteiger partial charge in [0.25, 0.3) is 5.91 Å². The number of thiazole rings is 1. The Morgan fingerprint density at radius 1 is 1.19 bits per heavy atom. The number of anilines is 1. The predicted molar refractivity (Wildman–Crippen MR) is 126 cm³/mol. The van der Waals surface area contributed by atoms with Gasteiger partial charge in [-0.1, -0.05) is 23.8 Å². The van der Waals surface area contributed by atoms with Gasteiger partial charge in [0.2, 0.25) is 4.80 Å². The van der Waals surface area contributed by atoms with Crippen molar-refractivity contribution in [3.63, 3.8) is 0 Å². The average Bonchev–Trinajstić information content (AvgIpc) is 3.21. The lowest BCUT2D eigenvalue weighted by atomic mass is 10.1. The lowest BCUT2D eigenvalue weighted by Crippen LogP contribution is -2.25. The van der Waals surface area contributed by atoms with Gasteiger partial charge in [0, 0.05) is 28.9 Å². The summed E-state index contributed by atoms with van der Waals surface area (Å²) in [5.74, 6) is 0.482. The molecule has 1 aliphatic heterocycles. The van der Waals surface area contributed by atoms with E-state index in [1.165, 1.54) is 16.9 Å². The Kier molecular flexibility index (Phi) is 5.35. The van der Waals surface area contributed by atoms with E-state index >= 15 is 0 Å². The van der Waals surface area contributed by atoms with Crippen molar-refractivity contribution in [2.45, 2.75) is 6.92 Å². The van der Waals surface area contributed by atoms with E-state index in [0.717, 1.165) is 27.3 Å². The highest BCUT2D eigenvalue weighted by atomic mass is 32.1. The zero-order valence-electron chi connectivity index (χ0n) is 17.2. The maximum Gasteiger partial charge on any atom is 0.262 e. The van der Waals surface area contributed by atoms with Gasteiger partial charge >= 0.3 is 0 Å². The molecule has 0 bridgehead atoms. The number of amides is 1. The first-order valence-corrected chi connectivity index (χ1v) is 10.9. The molecule has 4 aromatic rings. The van der Waals surface area contributed by atoms with Crippen molar-refractivity contribution in [3.8, 4) is 17.0 Å². The summed E-state index contributed by atoms with van der Waals surface area (Å²) in [5.41, 5.74) is 5.29. The third-order valence-corrected chi connectivity index (χ3v) is 5.68. The molecule has 0 fully saturated rings. The minimum absolute atomic E-state index is 0.0276. The molecular weight excluding hydrogens is 422 g/mol. The van der Waals surface area contributed by atoms with Crippen LogP contribution >= 0.6 is 11.3 Å². The highest BCUT2D eigenvalue weighted by molar-refractivity contribution is 7.07. The van der Waals surface area contributed by atoms with E-state index in [1.807, 2.05) is 66.9 Å². The summed E-state index contributed by atoms with van der Waals surface area (Å²) in [6.45, 7) is 2.07. The second kappa shape index (κ2) is 8.60. The second-order valence-corrected chi connectivity index (χ2v) is 8.08. The number of aryl methyl sites for hydroxylation is 1. The van der Waals surface area contributed by atoms with E-state index in [2.05, 4.69) is 10.3 Å². The third-order valence-electron chi connectivity index (χ3n) is 4.86. The van der Waals surface area contributed by atoms with Crippen LogP contribution < -0.4 is 14.9 Å². The molecule has 0 unspecified atom stereocenters. The molecule has 1 amide bonds. The lowest BCUT2D eigenvalue weighted by Gasteiger charge is -2.18. The molecule has 32 heavy (non-hydrogen) atoms. The molecule has 0 saturated heterocycles. The maximum atomic E-state index is 11.7. The van der Waals surface area contributed by atoms with Gasteiger partial charge in [-0.05, 0) is 43.3 Å². The van der Waals surface area contributed by atoms with Crippen molar-refractivity contribution in [1.29, 1.82) is 0 Å². The quantitative estimate of drug-likeness (QED) is 0.478. The van der Waals surface area contributed by atoms with Crippen LogP contribution in [0, 0.1) is 6.92 Å². The average molecular weight is 442 g/mol. The summed E-state index contributed by atoms with van der Waals surface area (Å²) < 4.78 is 7.28. The SMILES string of the molecule is Cc1ccc(N=c2scc(-c3ccc4c(c3)NC(=O)CO4)n2N=Cc2cccnc2)cc1. The van der Waals surface area contributed by atoms with E-state index in [1.54, 1.807) is 23.3 Å². The maximum absolute atomic E-state index is 11.7. The van der Waals surface area contributed by atoms with E-state index < -0.39 is 0 Å². The molecule has 7 nitrogen and oxygen atoms in total. The van der Waals surface area contributed by atoms with Crippen molar-refractivity contribution in [3.05, 3.63) is 88.3 Å². The van der Waals surface area contributed by atoms with E-state index in [-0.39, 0.29) is 12.5 Å². The van der Waals surface area contributed by atoms with Gasteiger partial charge in [0.1, 0.15) is 5.75 Å². The number of hydrogen-bond donors (Lipinski definition) is 1. The summed E-state index contributed by atoms with van der Waals surface area (Å²) in [5, 5.41) is 9.56. The minimum atomic E-state index is -0.169. The van der Waals surface area contributed by atoms with Crippen LogP contribution in [0.4, 0.5) is 11.4 Å². The Labute approximate surface area is 188 Å². The van der Waals surface area contributed by atoms with Crippen LogP contribution in [0.15, 0.2) is 82.5 Å². The molecule has 1 aliphatic rings. The number of aromatic nitrogens is 2. The molecule has 2 aromatic carbocycles. The lowest BCUT2D eigenvalue weighted by molar-refractivity contribution is -0.118. The van der Waals surface area contributed by atoms with Gasteiger partial charge in [-0.25, -0.2) is 9.67 Å². The summed E-state index contributed by atoms with van der Waals surface area (Å²) in [7, 11) is 0. The van der Waals surface area contributed by atoms with Gasteiger partial charge in [0.05, 0.1) is 23.3 Å². The Balaban J connectivity index is 1.62. The smallest absolute Gasteiger partial charge is 0.262 e. The van der Waals surface area contributed by atoms with Crippen LogP contribution in [0.1, 0.15) is 11.1 Å². The molecular formula is C24H19N5O2S. The highest BCUT2D eigenvalue weighted by Crippen LogP contribution is 2.33. The van der Waals surface area contributed by atoms with Gasteiger partial charge in [-0.2, -0.15) is 5.10 Å². The van der Waals surface area contributed by atoms with Crippen molar-refractivity contribution >= 4 is 34.8 Å². The number of pyridine rings is 1. The van der Waals surface area contributed by atoms with E-state index in [9.17, 15) is 4.79 Å². The number of nitrogens with zero attached hydrogens (tertiary/aromatic N) is 4. The van der Waals surface area contributed by atoms with Crippen LogP contribution in [0.3, 0.4) is 0 Å². The minimum Gasteiger partial charge on any atom is -0.482 e. The molecule has 158 valence electrons. The zero-order valence-corrected chi connectivity index (χ0v) is 18.0. The molecule has 0 spiro atoms. The van der Waals surface area contributed by atoms with Crippen LogP contribution in [-0.2, 0) is 4.79 Å². The van der Waals surface area contributed by atoms with Crippen molar-refractivity contribution in [2.75, 3.05) is 11.9 Å². The number of fused-ring (bicyclic) bond motifs is 1. The molecule has 5 rings (SSSR count). The number of rotatable bonds is 4. The topological polar surface area (TPSA) is 80.9 Å². The molecule has 0 aliphatic carbocycles. The van der Waals surface area contributed by atoms with Crippen molar-refractivity contribution in [2.24, 2.45) is 10.1 Å². The number of carbonyl (C=O) groups is 1. The normalized spacial score (nSPS) is 13.7. The molecule has 0 saturated carbocycles. The van der Waals surface area contributed by atoms with Crippen molar-refractivity contribution < 1.29 is 9.53 Å². The first-order chi connectivity index (χ1) is 15.7. The first-order valence-electron chi connectivity index (χ1n) is 9.99. The Hall–Kier alpha value is -4.04. The summed E-state index contributed by atoms with van der Waals surface area (Å²) >= 11 is 1.49. The fraction of sp³-hybridized carbons (Fsp3) is 0.0833. The van der Waals surface area contributed by atoms with Gasteiger partial charge in [-0.3, -0.25) is 9.78 Å². The Morgan fingerprint density at radius 2 is 2.06 bits per heavy atom. The molecule has 3 heterocycles. The van der Waals surface area contributed by atoms with Crippen LogP contribution in [0.2, 0.25) is 0 Å². The summed E-state index contributed by atoms with van der Waals surface area (Å²) in [6.07, 6.45) is 5.22. The number of nitrogens with one attached hydrogen (secondary N) is 1. The highest BCUT2D eigenvalue weighted by Gasteiger charge is 2.17. The second-order valence-electron chi connectivity index (χ2n) is 7.24. The monoisotopic (exact) mass is 441 g/mol. The molecule has 1 N–H and O–H groups in total. The summed E-state index contributed by atoms with van der Waals surface area (Å²) in [4.78, 5) is 21.4. The molecule has 8 heteroatoms. The van der Waals surface area contributed by atoms with Gasteiger partial charge in [-0.15, -0.1) is 11.3 Å². The molecule has 0 radical (unpaired) electrons. The Bertz CT molecular complexity index is 1370. The number of carbonyl (C=O) groups excluding carboxylic acids is 1. The van der Waals surface area contributed by atoms with Gasteiger partial charge < -0.3 is 10.1 Å². The van der Waals surface area contributed by atoms with Crippen molar-refractivity contribution in [1.82, 2.24) is 9.66 Å². The fourth-order valence-corrected chi connectivity index (χ4v) is 4.09. The third kappa shape index (κ3) is 4.21. The first kappa shape index (κ1) is 19.9. The zero-order chi connectivity index (χ0) is 21.9. The van der Waals surface area contributed by atoms with E-state index in [0.29, 0.717) is 11.4 Å². The summed E-state index contributed by atoms with van der Waals surface area (Å²) in [6, 6.07) is 17.5. The van der Waals surface area contributed by atoms with Gasteiger partial charge in [0.15, 0.2) is 6.61 Å². The Morgan fingerprint density at radius 3 is 2.88 bits per heavy atom. The number of benzene rings is 2. The number of hydrogen-bond acceptors (Lipinski definition) is 6. The number of ether oxygens (including phenoxy) is 1. The molecule has 2 aromatic heterocycles. The predicted octanol–water partition coefficient (Wildman–Crippen LogP) is 4.37. The standard InChI is InChI=1S/C24H19N5O2S/c1-16-4-7-19(8-5-16)27-24-29(26-13-17-3-2-10-25-12-17)21(15-32-24)18-6-9-22-20(11-18)28-23(30)14-31-22/h2-13,15H,14H2,1H3,(H,28,30). The molecule has 0 atom stereocenters.